The summed E-state index contributed by atoms with van der Waals surface area (Å²) in [5, 5.41) is 12.8. The zero-order valence-electron chi connectivity index (χ0n) is 10.8. The quantitative estimate of drug-likeness (QED) is 0.675. The number of nitrogens with one attached hydrogen (secondary N) is 1. The number of methoxy groups -OCH3 is 1. The van der Waals surface area contributed by atoms with Crippen molar-refractivity contribution >= 4 is 11.6 Å². The first-order valence-corrected chi connectivity index (χ1v) is 6.06. The summed E-state index contributed by atoms with van der Waals surface area (Å²) >= 11 is 0. The van der Waals surface area contributed by atoms with E-state index in [0.717, 1.165) is 0 Å². The number of nitrogens with two attached hydrogens (primary N) is 1. The van der Waals surface area contributed by atoms with Gasteiger partial charge in [-0.1, -0.05) is 0 Å². The number of carbonyl (C=O) groups excluding carboxylic acids is 1. The maximum absolute atomic E-state index is 12.1. The lowest BCUT2D eigenvalue weighted by Gasteiger charge is -2.21. The van der Waals surface area contributed by atoms with Crippen LogP contribution in [-0.4, -0.2) is 43.5 Å². The first-order chi connectivity index (χ1) is 9.04. The van der Waals surface area contributed by atoms with Crippen LogP contribution in [-0.2, 0) is 4.74 Å². The normalized spacial score (nSPS) is 22.2. The highest BCUT2D eigenvalue weighted by Gasteiger charge is 2.32. The molecular formula is C13H18N2O4. The van der Waals surface area contributed by atoms with Crippen molar-refractivity contribution < 1.29 is 19.4 Å². The fraction of sp³-hybridized carbons (Fsp3) is 0.462. The molecule has 1 heterocycles. The zero-order valence-corrected chi connectivity index (χ0v) is 10.8. The van der Waals surface area contributed by atoms with E-state index in [2.05, 4.69) is 5.32 Å². The second-order valence-electron chi connectivity index (χ2n) is 4.67. The first-order valence-electron chi connectivity index (χ1n) is 6.06. The number of nitrogen functional groups attached to an aromatic ring is 1. The Morgan fingerprint density at radius 2 is 2.42 bits per heavy atom. The third-order valence-corrected chi connectivity index (χ3v) is 3.13. The van der Waals surface area contributed by atoms with Crippen molar-refractivity contribution in [2.45, 2.75) is 12.0 Å². The molecule has 0 aromatic heterocycles. The van der Waals surface area contributed by atoms with Crippen molar-refractivity contribution in [2.75, 3.05) is 32.6 Å². The first kappa shape index (κ1) is 13.6. The van der Waals surface area contributed by atoms with E-state index in [1.807, 2.05) is 0 Å². The van der Waals surface area contributed by atoms with Crippen LogP contribution >= 0.6 is 0 Å². The number of amides is 1. The van der Waals surface area contributed by atoms with Gasteiger partial charge < -0.3 is 25.6 Å². The molecule has 6 heteroatoms. The molecule has 1 amide bonds. The predicted octanol–water partition coefficient (Wildman–Crippen LogP) is 0.159. The topological polar surface area (TPSA) is 93.8 Å². The minimum Gasteiger partial charge on any atom is -0.496 e. The average molecular weight is 266 g/mol. The summed E-state index contributed by atoms with van der Waals surface area (Å²) < 4.78 is 10.2. The Morgan fingerprint density at radius 3 is 3.05 bits per heavy atom. The molecule has 19 heavy (non-hydrogen) atoms. The predicted molar refractivity (Wildman–Crippen MR) is 70.1 cm³/mol. The number of aliphatic hydroxyl groups is 1. The summed E-state index contributed by atoms with van der Waals surface area (Å²) in [4.78, 5) is 12.1. The van der Waals surface area contributed by atoms with Crippen molar-refractivity contribution in [1.29, 1.82) is 0 Å². The lowest BCUT2D eigenvalue weighted by atomic mass is 10.0. The van der Waals surface area contributed by atoms with E-state index in [0.29, 0.717) is 30.0 Å². The standard InChI is InChI=1S/C13H18N2O4/c1-18-11-6-9(14)2-3-10(11)12(16)15-7-13(17)4-5-19-8-13/h2-3,6,17H,4-5,7-8,14H2,1H3,(H,15,16). The molecule has 2 rings (SSSR count). The number of benzene rings is 1. The van der Waals surface area contributed by atoms with Crippen LogP contribution in [0, 0.1) is 0 Å². The molecule has 104 valence electrons. The van der Waals surface area contributed by atoms with Crippen LogP contribution in [0.4, 0.5) is 5.69 Å². The van der Waals surface area contributed by atoms with Gasteiger partial charge in [0.15, 0.2) is 0 Å². The minimum atomic E-state index is -0.975. The number of rotatable bonds is 4. The van der Waals surface area contributed by atoms with E-state index < -0.39 is 5.60 Å². The van der Waals surface area contributed by atoms with Gasteiger partial charge in [-0.2, -0.15) is 0 Å². The molecule has 1 aromatic rings. The van der Waals surface area contributed by atoms with E-state index in [1.54, 1.807) is 18.2 Å². The van der Waals surface area contributed by atoms with Crippen LogP contribution < -0.4 is 15.8 Å². The molecule has 1 unspecified atom stereocenters. The molecule has 0 aliphatic carbocycles. The summed E-state index contributed by atoms with van der Waals surface area (Å²) in [6, 6.07) is 4.81. The number of carbonyl (C=O) groups is 1. The molecule has 1 aliphatic rings. The van der Waals surface area contributed by atoms with Crippen molar-refractivity contribution in [3.63, 3.8) is 0 Å². The highest BCUT2D eigenvalue weighted by Crippen LogP contribution is 2.22. The Kier molecular flexibility index (Phi) is 3.92. The summed E-state index contributed by atoms with van der Waals surface area (Å²) in [7, 11) is 1.48. The van der Waals surface area contributed by atoms with Crippen molar-refractivity contribution in [3.05, 3.63) is 23.8 Å². The van der Waals surface area contributed by atoms with Gasteiger partial charge in [-0.3, -0.25) is 4.79 Å². The van der Waals surface area contributed by atoms with Crippen LogP contribution in [0.2, 0.25) is 0 Å². The van der Waals surface area contributed by atoms with Gasteiger partial charge in [0.2, 0.25) is 0 Å². The number of hydrogen-bond acceptors (Lipinski definition) is 5. The molecule has 4 N–H and O–H groups in total. The van der Waals surface area contributed by atoms with Crippen molar-refractivity contribution in [3.8, 4) is 5.75 Å². The molecule has 1 fully saturated rings. The van der Waals surface area contributed by atoms with Gasteiger partial charge in [-0.15, -0.1) is 0 Å². The van der Waals surface area contributed by atoms with E-state index in [-0.39, 0.29) is 19.1 Å². The monoisotopic (exact) mass is 266 g/mol. The van der Waals surface area contributed by atoms with Crippen molar-refractivity contribution in [1.82, 2.24) is 5.32 Å². The molecule has 0 bridgehead atoms. The van der Waals surface area contributed by atoms with Crippen LogP contribution in [0.5, 0.6) is 5.75 Å². The Labute approximate surface area is 111 Å². The lowest BCUT2D eigenvalue weighted by Crippen LogP contribution is -2.43. The van der Waals surface area contributed by atoms with Gasteiger partial charge in [0.1, 0.15) is 11.4 Å². The molecule has 1 aliphatic heterocycles. The molecular weight excluding hydrogens is 248 g/mol. The van der Waals surface area contributed by atoms with Crippen molar-refractivity contribution in [2.24, 2.45) is 0 Å². The summed E-state index contributed by atoms with van der Waals surface area (Å²) in [6.45, 7) is 0.906. The summed E-state index contributed by atoms with van der Waals surface area (Å²) in [5.74, 6) is 0.101. The van der Waals surface area contributed by atoms with Crippen LogP contribution in [0.1, 0.15) is 16.8 Å². The fourth-order valence-corrected chi connectivity index (χ4v) is 1.97. The summed E-state index contributed by atoms with van der Waals surface area (Å²) in [6.07, 6.45) is 0.520. The van der Waals surface area contributed by atoms with Gasteiger partial charge in [-0.25, -0.2) is 0 Å². The van der Waals surface area contributed by atoms with Crippen LogP contribution in [0.15, 0.2) is 18.2 Å². The Hall–Kier alpha value is -1.79. The minimum absolute atomic E-state index is 0.152. The smallest absolute Gasteiger partial charge is 0.255 e. The average Bonchev–Trinajstić information content (AvgIpc) is 2.83. The lowest BCUT2D eigenvalue weighted by molar-refractivity contribution is 0.0264. The second-order valence-corrected chi connectivity index (χ2v) is 4.67. The maximum Gasteiger partial charge on any atom is 0.255 e. The highest BCUT2D eigenvalue weighted by atomic mass is 16.5. The van der Waals surface area contributed by atoms with E-state index in [9.17, 15) is 9.90 Å². The molecule has 1 atom stereocenters. The zero-order chi connectivity index (χ0) is 13.9. The molecule has 0 radical (unpaired) electrons. The Bertz CT molecular complexity index is 470. The van der Waals surface area contributed by atoms with E-state index in [4.69, 9.17) is 15.2 Å². The van der Waals surface area contributed by atoms with Gasteiger partial charge >= 0.3 is 0 Å². The number of anilines is 1. The Morgan fingerprint density at radius 1 is 1.63 bits per heavy atom. The second kappa shape index (κ2) is 5.46. The Balaban J connectivity index is 2.03. The largest absolute Gasteiger partial charge is 0.496 e. The van der Waals surface area contributed by atoms with Gasteiger partial charge in [0.05, 0.1) is 19.3 Å². The molecule has 6 nitrogen and oxygen atoms in total. The van der Waals surface area contributed by atoms with E-state index in [1.165, 1.54) is 7.11 Å². The third-order valence-electron chi connectivity index (χ3n) is 3.13. The number of ether oxygens (including phenoxy) is 2. The summed E-state index contributed by atoms with van der Waals surface area (Å²) in [5.41, 5.74) is 5.57. The highest BCUT2D eigenvalue weighted by molar-refractivity contribution is 5.97. The molecule has 1 aromatic carbocycles. The van der Waals surface area contributed by atoms with E-state index >= 15 is 0 Å². The van der Waals surface area contributed by atoms with Crippen LogP contribution in [0.25, 0.3) is 0 Å². The van der Waals surface area contributed by atoms with Gasteiger partial charge in [-0.05, 0) is 12.1 Å². The molecule has 1 saturated heterocycles. The third kappa shape index (κ3) is 3.15. The van der Waals surface area contributed by atoms with Gasteiger partial charge in [0, 0.05) is 31.3 Å². The fourth-order valence-electron chi connectivity index (χ4n) is 1.97. The molecule has 0 saturated carbocycles. The van der Waals surface area contributed by atoms with Crippen LogP contribution in [0.3, 0.4) is 0 Å². The maximum atomic E-state index is 12.1. The number of hydrogen-bond donors (Lipinski definition) is 3. The SMILES string of the molecule is COc1cc(N)ccc1C(=O)NCC1(O)CCOC1. The van der Waals surface area contributed by atoms with Gasteiger partial charge in [0.25, 0.3) is 5.91 Å². The molecule has 0 spiro atoms.